The quantitative estimate of drug-likeness (QED) is 0.0118. The largest absolute Gasteiger partial charge is 0.481 e. The molecule has 27 heteroatoms. The summed E-state index contributed by atoms with van der Waals surface area (Å²) < 4.78 is 33.0. The highest BCUT2D eigenvalue weighted by molar-refractivity contribution is 8.47. The second-order valence-corrected chi connectivity index (χ2v) is 33.9. The number of carbonyl (C=O) groups is 8. The third-order valence-corrected chi connectivity index (χ3v) is 22.9. The molecule has 1 aliphatic rings. The van der Waals surface area contributed by atoms with Crippen molar-refractivity contribution in [1.29, 1.82) is 0 Å². The summed E-state index contributed by atoms with van der Waals surface area (Å²) in [6, 6.07) is 16.8. The highest BCUT2D eigenvalue weighted by Crippen LogP contribution is 2.41. The molecule has 4 rings (SSSR count). The summed E-state index contributed by atoms with van der Waals surface area (Å²) in [5, 5.41) is 17.8. The van der Waals surface area contributed by atoms with Crippen molar-refractivity contribution in [3.8, 4) is 0 Å². The zero-order valence-electron chi connectivity index (χ0n) is 67.8. The van der Waals surface area contributed by atoms with E-state index in [1.165, 1.54) is 182 Å². The molecule has 1 aromatic heterocycles. The lowest BCUT2D eigenvalue weighted by molar-refractivity contribution is -0.155. The fourth-order valence-corrected chi connectivity index (χ4v) is 15.9. The lowest BCUT2D eigenvalue weighted by atomic mass is 9.84. The molecular formula is C85H129N3O18S6. The maximum atomic E-state index is 13.8. The first-order valence-electron chi connectivity index (χ1n) is 39.5. The molecule has 112 heavy (non-hydrogen) atoms. The van der Waals surface area contributed by atoms with E-state index in [2.05, 4.69) is 52.8 Å². The summed E-state index contributed by atoms with van der Waals surface area (Å²) in [6.07, 6.45) is 38.3. The van der Waals surface area contributed by atoms with Gasteiger partial charge in [-0.25, -0.2) is 14.4 Å². The Balaban J connectivity index is 0.00000176. The molecule has 3 aromatic rings. The van der Waals surface area contributed by atoms with Crippen molar-refractivity contribution in [3.05, 3.63) is 148 Å². The summed E-state index contributed by atoms with van der Waals surface area (Å²) in [5.41, 5.74) is 2.85. The van der Waals surface area contributed by atoms with E-state index in [9.17, 15) is 53.1 Å². The Kier molecular flexibility index (Phi) is 66.0. The van der Waals surface area contributed by atoms with Crippen LogP contribution in [0.4, 0.5) is 0 Å². The maximum absolute atomic E-state index is 13.8. The van der Waals surface area contributed by atoms with Crippen LogP contribution < -0.4 is 11.2 Å². The highest BCUT2D eigenvalue weighted by Gasteiger charge is 2.35. The number of H-pyrrole nitrogens is 1. The van der Waals surface area contributed by atoms with Gasteiger partial charge in [0.05, 0.1) is 63.7 Å². The number of ketones is 1. The number of unbranched alkanes of at least 4 members (excludes halogenated alkanes) is 20. The van der Waals surface area contributed by atoms with Crippen LogP contribution in [0.1, 0.15) is 249 Å². The van der Waals surface area contributed by atoms with E-state index in [1.807, 2.05) is 62.4 Å². The number of nitrogens with zero attached hydrogens (tertiary/aromatic N) is 2. The SMILES string of the molecule is C=CC(=O)OCCCC.C=CC(=O)OCCOC.C=Cc1ccc(CN2C=CC(=O)CC2=O)cc1.CCCCCCCCCCCCSC(=S)SC(C)C(=O)O.CCCCCCCCCCCCSC(=S)SC(CC(CC(CC(C)C(=O)O)C(=O)OCCOC)C(=O)OCCCC)c1ccc(Cn2ccc(=O)[nH]c2=O)cc1. The van der Waals surface area contributed by atoms with Gasteiger partial charge in [-0.15, -0.1) is 23.5 Å². The summed E-state index contributed by atoms with van der Waals surface area (Å²) in [5.74, 6) is -4.40. The lowest BCUT2D eigenvalue weighted by Crippen LogP contribution is -2.30. The van der Waals surface area contributed by atoms with Gasteiger partial charge in [0.25, 0.3) is 5.56 Å². The second kappa shape index (κ2) is 70.0. The van der Waals surface area contributed by atoms with Crippen LogP contribution in [-0.2, 0) is 79.9 Å². The number of aromatic nitrogens is 2. The number of carboxylic acids is 2. The van der Waals surface area contributed by atoms with Crippen LogP contribution in [-0.4, -0.2) is 150 Å². The average molecular weight is 1670 g/mol. The van der Waals surface area contributed by atoms with Crippen LogP contribution in [0.2, 0.25) is 0 Å². The van der Waals surface area contributed by atoms with Crippen molar-refractivity contribution >= 4 is 132 Å². The van der Waals surface area contributed by atoms with Gasteiger partial charge >= 0.3 is 41.5 Å². The number of thiocarbonyl (C=S) groups is 2. The topological polar surface area (TPSA) is 290 Å². The molecule has 0 saturated heterocycles. The van der Waals surface area contributed by atoms with Crippen molar-refractivity contribution in [1.82, 2.24) is 14.5 Å². The molecule has 0 aliphatic carbocycles. The number of rotatable bonds is 54. The standard InChI is InChI=1S/C42H64N2O9S3.C16H30O2S3.C14H13NO2.C7H12O2.C6H10O3/c1-5-7-9-10-11-12-13-14-15-16-26-55-42(54)56-36(33-19-17-32(18-20-33)30-44-22-21-37(45)43-41(44)50)29-35(40(49)52-23-8-6-2)28-34(27-31(3)38(46)47)39(48)53-25-24-51-4;1-3-4-5-6-7-8-9-10-11-12-13-20-16(19)21-14(2)15(17)18;1-2-11-3-5-12(6-4-11)10-15-8-7-13(16)9-14(15)17;1-3-5-6-9-7(8)4-2;1-3-6(7)9-5-4-8-2/h17-22,31,34-36H,5-16,23-30H2,1-4H3,(H,46,47)(H,43,45,50);14H,3-13H2,1-2H3,(H,17,18);2-8H,1,9-10H2;4H,2-3,5-6H2,1H3;3H,1,4-5H2,2H3. The van der Waals surface area contributed by atoms with Gasteiger partial charge in [0.15, 0.2) is 5.78 Å². The summed E-state index contributed by atoms with van der Waals surface area (Å²) in [6.45, 7) is 24.4. The number of thioether (sulfide) groups is 4. The molecule has 5 unspecified atom stereocenters. The number of carboxylic acid groups (broad SMARTS) is 2. The number of amides is 1. The first-order valence-corrected chi connectivity index (χ1v) is 44.0. The number of carbonyl (C=O) groups excluding carboxylic acids is 6. The van der Waals surface area contributed by atoms with Crippen molar-refractivity contribution in [2.75, 3.05) is 65.4 Å². The Bertz CT molecular complexity index is 3300. The number of aromatic amines is 1. The number of esters is 4. The number of hydrogen-bond acceptors (Lipinski definition) is 22. The Morgan fingerprint density at radius 1 is 0.527 bits per heavy atom. The molecule has 2 heterocycles. The molecule has 0 fully saturated rings. The van der Waals surface area contributed by atoms with E-state index >= 15 is 0 Å². The average Bonchev–Trinajstić information content (AvgIpc) is 0.843. The van der Waals surface area contributed by atoms with Gasteiger partial charge in [0.2, 0.25) is 5.91 Å². The molecule has 0 spiro atoms. The first kappa shape index (κ1) is 106. The van der Waals surface area contributed by atoms with Crippen molar-refractivity contribution in [3.63, 3.8) is 0 Å². The van der Waals surface area contributed by atoms with Crippen LogP contribution >= 0.6 is 71.5 Å². The van der Waals surface area contributed by atoms with Gasteiger partial charge in [-0.05, 0) is 91.7 Å². The van der Waals surface area contributed by atoms with Gasteiger partial charge in [0.1, 0.15) is 25.5 Å². The van der Waals surface area contributed by atoms with Gasteiger partial charge in [-0.2, -0.15) is 0 Å². The summed E-state index contributed by atoms with van der Waals surface area (Å²) in [7, 11) is 3.04. The molecule has 5 atom stereocenters. The monoisotopic (exact) mass is 1670 g/mol. The van der Waals surface area contributed by atoms with Gasteiger partial charge in [-0.3, -0.25) is 43.1 Å². The third kappa shape index (κ3) is 55.9. The molecule has 0 radical (unpaired) electrons. The number of nitrogens with one attached hydrogen (secondary N) is 1. The predicted molar refractivity (Wildman–Crippen MR) is 467 cm³/mol. The number of allylic oxidation sites excluding steroid dienone is 1. The summed E-state index contributed by atoms with van der Waals surface area (Å²) >= 11 is 17.1. The van der Waals surface area contributed by atoms with Gasteiger partial charge in [0, 0.05) is 50.1 Å². The number of methoxy groups -OCH3 is 2. The van der Waals surface area contributed by atoms with Crippen molar-refractivity contribution < 1.29 is 77.0 Å². The zero-order valence-corrected chi connectivity index (χ0v) is 72.7. The van der Waals surface area contributed by atoms with Crippen LogP contribution in [0.3, 0.4) is 0 Å². The molecule has 3 N–H and O–H groups in total. The van der Waals surface area contributed by atoms with E-state index in [0.29, 0.717) is 32.8 Å². The fraction of sp³-hybridized carbons (Fsp3) is 0.600. The van der Waals surface area contributed by atoms with E-state index < -0.39 is 64.1 Å². The molecular weight excluding hydrogens is 1540 g/mol. The Morgan fingerprint density at radius 3 is 1.42 bits per heavy atom. The van der Waals surface area contributed by atoms with E-state index in [-0.39, 0.29) is 75.0 Å². The molecule has 0 bridgehead atoms. The highest BCUT2D eigenvalue weighted by atomic mass is 32.2. The van der Waals surface area contributed by atoms with E-state index in [0.717, 1.165) is 79.0 Å². The third-order valence-electron chi connectivity index (χ3n) is 17.2. The second-order valence-electron chi connectivity index (χ2n) is 26.8. The number of aliphatic carboxylic acids is 2. The van der Waals surface area contributed by atoms with Crippen LogP contribution in [0, 0.1) is 17.8 Å². The molecule has 1 aliphatic heterocycles. The van der Waals surface area contributed by atoms with Crippen molar-refractivity contribution in [2.45, 2.75) is 245 Å². The normalized spacial score (nSPS) is 12.7. The van der Waals surface area contributed by atoms with Crippen molar-refractivity contribution in [2.24, 2.45) is 17.8 Å². The van der Waals surface area contributed by atoms with E-state index in [1.54, 1.807) is 54.7 Å². The number of hydrogen-bond donors (Lipinski definition) is 3. The summed E-state index contributed by atoms with van der Waals surface area (Å²) in [4.78, 5) is 121. The molecule has 0 saturated carbocycles. The Morgan fingerprint density at radius 2 is 0.964 bits per heavy atom. The lowest BCUT2D eigenvalue weighted by Gasteiger charge is -2.26. The van der Waals surface area contributed by atoms with Crippen LogP contribution in [0.25, 0.3) is 6.08 Å². The fourth-order valence-electron chi connectivity index (χ4n) is 10.5. The van der Waals surface area contributed by atoms with Crippen LogP contribution in [0.15, 0.2) is 115 Å². The molecule has 2 aromatic carbocycles. The zero-order chi connectivity index (χ0) is 83.5. The minimum atomic E-state index is -1.04. The Hall–Kier alpha value is -6.46. The minimum Gasteiger partial charge on any atom is -0.481 e. The predicted octanol–water partition coefficient (Wildman–Crippen LogP) is 19.1. The van der Waals surface area contributed by atoms with Gasteiger partial charge in [-0.1, -0.05) is 285 Å². The molecule has 1 amide bonds. The Labute approximate surface area is 694 Å². The number of benzene rings is 2. The number of ether oxygens (including phenoxy) is 6. The molecule has 21 nitrogen and oxygen atoms in total. The van der Waals surface area contributed by atoms with Gasteiger partial charge < -0.3 is 43.5 Å². The first-order chi connectivity index (χ1) is 53.9. The van der Waals surface area contributed by atoms with Crippen LogP contribution in [0.5, 0.6) is 0 Å². The maximum Gasteiger partial charge on any atom is 0.330 e. The minimum absolute atomic E-state index is 0.00361. The molecule has 628 valence electrons. The smallest absolute Gasteiger partial charge is 0.330 e. The van der Waals surface area contributed by atoms with E-state index in [4.69, 9.17) is 43.8 Å².